The molecule has 0 spiro atoms. The van der Waals surface area contributed by atoms with Gasteiger partial charge in [-0.1, -0.05) is 39.0 Å². The molecular weight excluding hydrogens is 274 g/mol. The van der Waals surface area contributed by atoms with Gasteiger partial charge in [-0.15, -0.1) is 0 Å². The standard InChI is InChI=1S/C19H25NO2/c1-2-15-12-16-17(21)10-14(11-18(16)22-19(15)20)9-8-13-6-4-3-5-7-13/h10-13,20-21H,2-9H2,1H3. The maximum Gasteiger partial charge on any atom is 0.215 e. The van der Waals surface area contributed by atoms with Gasteiger partial charge in [-0.3, -0.25) is 5.41 Å². The third-order valence-corrected chi connectivity index (χ3v) is 4.95. The molecule has 0 radical (unpaired) electrons. The van der Waals surface area contributed by atoms with Gasteiger partial charge in [0.2, 0.25) is 5.55 Å². The fourth-order valence-electron chi connectivity index (χ4n) is 3.57. The first-order valence-electron chi connectivity index (χ1n) is 8.50. The summed E-state index contributed by atoms with van der Waals surface area (Å²) in [6.07, 6.45) is 9.72. The fourth-order valence-corrected chi connectivity index (χ4v) is 3.57. The van der Waals surface area contributed by atoms with Crippen LogP contribution in [-0.4, -0.2) is 5.11 Å². The average Bonchev–Trinajstić information content (AvgIpc) is 2.53. The molecule has 22 heavy (non-hydrogen) atoms. The number of fused-ring (bicyclic) bond motifs is 1. The highest BCUT2D eigenvalue weighted by Gasteiger charge is 2.14. The van der Waals surface area contributed by atoms with Crippen LogP contribution in [0.5, 0.6) is 5.75 Å². The normalized spacial score (nSPS) is 16.2. The van der Waals surface area contributed by atoms with Crippen LogP contribution in [0, 0.1) is 11.3 Å². The summed E-state index contributed by atoms with van der Waals surface area (Å²) in [6, 6.07) is 5.74. The number of hydrogen-bond donors (Lipinski definition) is 2. The van der Waals surface area contributed by atoms with Crippen molar-refractivity contribution in [1.82, 2.24) is 0 Å². The van der Waals surface area contributed by atoms with E-state index in [0.717, 1.165) is 29.9 Å². The molecule has 1 saturated carbocycles. The summed E-state index contributed by atoms with van der Waals surface area (Å²) in [6.45, 7) is 1.99. The number of aromatic hydroxyl groups is 1. The van der Waals surface area contributed by atoms with E-state index in [1.807, 2.05) is 25.1 Å². The van der Waals surface area contributed by atoms with Gasteiger partial charge >= 0.3 is 0 Å². The molecular formula is C19H25NO2. The van der Waals surface area contributed by atoms with E-state index in [1.165, 1.54) is 38.5 Å². The Morgan fingerprint density at radius 3 is 2.68 bits per heavy atom. The van der Waals surface area contributed by atoms with Crippen LogP contribution in [-0.2, 0) is 12.8 Å². The summed E-state index contributed by atoms with van der Waals surface area (Å²) in [4.78, 5) is 0. The van der Waals surface area contributed by atoms with Crippen molar-refractivity contribution < 1.29 is 9.52 Å². The Labute approximate surface area is 131 Å². The third-order valence-electron chi connectivity index (χ3n) is 4.95. The molecule has 3 heteroatoms. The molecule has 2 aromatic rings. The Kier molecular flexibility index (Phi) is 4.51. The van der Waals surface area contributed by atoms with Crippen LogP contribution in [0.2, 0.25) is 0 Å². The third kappa shape index (κ3) is 3.18. The first-order chi connectivity index (χ1) is 10.7. The van der Waals surface area contributed by atoms with E-state index in [-0.39, 0.29) is 11.3 Å². The van der Waals surface area contributed by atoms with Gasteiger partial charge in [0, 0.05) is 5.56 Å². The van der Waals surface area contributed by atoms with Gasteiger partial charge < -0.3 is 9.52 Å². The minimum Gasteiger partial charge on any atom is -0.507 e. The molecule has 0 bridgehead atoms. The number of rotatable bonds is 4. The number of hydrogen-bond acceptors (Lipinski definition) is 3. The summed E-state index contributed by atoms with van der Waals surface area (Å²) in [5.74, 6) is 1.10. The van der Waals surface area contributed by atoms with Gasteiger partial charge in [-0.25, -0.2) is 0 Å². The van der Waals surface area contributed by atoms with E-state index >= 15 is 0 Å². The van der Waals surface area contributed by atoms with Crippen molar-refractivity contribution in [2.75, 3.05) is 0 Å². The van der Waals surface area contributed by atoms with E-state index < -0.39 is 0 Å². The molecule has 1 heterocycles. The molecule has 3 rings (SSSR count). The summed E-state index contributed by atoms with van der Waals surface area (Å²) >= 11 is 0. The van der Waals surface area contributed by atoms with Crippen LogP contribution in [0.4, 0.5) is 0 Å². The van der Waals surface area contributed by atoms with Crippen LogP contribution in [0.25, 0.3) is 11.0 Å². The highest BCUT2D eigenvalue weighted by atomic mass is 16.3. The molecule has 2 N–H and O–H groups in total. The number of nitrogens with one attached hydrogen (secondary N) is 1. The maximum atomic E-state index is 10.3. The lowest BCUT2D eigenvalue weighted by Crippen LogP contribution is -2.08. The van der Waals surface area contributed by atoms with Gasteiger partial charge in [0.1, 0.15) is 11.3 Å². The SMILES string of the molecule is CCc1cc2c(O)cc(CCC3CCCCC3)cc2oc1=N. The molecule has 0 atom stereocenters. The quantitative estimate of drug-likeness (QED) is 0.860. The summed E-state index contributed by atoms with van der Waals surface area (Å²) in [5, 5.41) is 18.9. The zero-order valence-corrected chi connectivity index (χ0v) is 13.3. The van der Waals surface area contributed by atoms with E-state index in [9.17, 15) is 5.11 Å². The van der Waals surface area contributed by atoms with E-state index in [1.54, 1.807) is 0 Å². The second-order valence-electron chi connectivity index (χ2n) is 6.52. The zero-order chi connectivity index (χ0) is 15.5. The fraction of sp³-hybridized carbons (Fsp3) is 0.526. The van der Waals surface area contributed by atoms with E-state index in [2.05, 4.69) is 0 Å². The van der Waals surface area contributed by atoms with Gasteiger partial charge in [-0.2, -0.15) is 0 Å². The van der Waals surface area contributed by atoms with Gasteiger partial charge in [-0.05, 0) is 48.9 Å². The van der Waals surface area contributed by atoms with Crippen molar-refractivity contribution >= 4 is 11.0 Å². The van der Waals surface area contributed by atoms with E-state index in [0.29, 0.717) is 11.0 Å². The summed E-state index contributed by atoms with van der Waals surface area (Å²) in [7, 11) is 0. The predicted molar refractivity (Wildman–Crippen MR) is 88.0 cm³/mol. The zero-order valence-electron chi connectivity index (χ0n) is 13.3. The monoisotopic (exact) mass is 299 g/mol. The van der Waals surface area contributed by atoms with Crippen LogP contribution in [0.1, 0.15) is 56.6 Å². The molecule has 0 unspecified atom stereocenters. The Hall–Kier alpha value is -1.77. The minimum atomic E-state index is 0.207. The largest absolute Gasteiger partial charge is 0.507 e. The lowest BCUT2D eigenvalue weighted by molar-refractivity contribution is 0.339. The van der Waals surface area contributed by atoms with Crippen molar-refractivity contribution in [1.29, 1.82) is 5.41 Å². The molecule has 0 saturated heterocycles. The molecule has 1 aromatic carbocycles. The summed E-state index contributed by atoms with van der Waals surface area (Å²) < 4.78 is 5.60. The minimum absolute atomic E-state index is 0.207. The molecule has 0 amide bonds. The molecule has 118 valence electrons. The topological polar surface area (TPSA) is 57.2 Å². The van der Waals surface area contributed by atoms with Gasteiger partial charge in [0.15, 0.2) is 0 Å². The molecule has 1 aliphatic carbocycles. The molecule has 0 aliphatic heterocycles. The van der Waals surface area contributed by atoms with Crippen molar-refractivity contribution in [2.24, 2.45) is 5.92 Å². The molecule has 1 aliphatic rings. The van der Waals surface area contributed by atoms with Crippen LogP contribution in [0.3, 0.4) is 0 Å². The molecule has 3 nitrogen and oxygen atoms in total. The average molecular weight is 299 g/mol. The Balaban J connectivity index is 1.83. The Bertz CT molecular complexity index is 711. The second kappa shape index (κ2) is 6.55. The maximum absolute atomic E-state index is 10.3. The second-order valence-corrected chi connectivity index (χ2v) is 6.52. The van der Waals surface area contributed by atoms with Crippen molar-refractivity contribution in [3.63, 3.8) is 0 Å². The Morgan fingerprint density at radius 1 is 1.18 bits per heavy atom. The number of aryl methyl sites for hydroxylation is 2. The highest BCUT2D eigenvalue weighted by molar-refractivity contribution is 5.84. The smallest absolute Gasteiger partial charge is 0.215 e. The van der Waals surface area contributed by atoms with E-state index in [4.69, 9.17) is 9.83 Å². The van der Waals surface area contributed by atoms with Crippen LogP contribution >= 0.6 is 0 Å². The number of phenols is 1. The van der Waals surface area contributed by atoms with Crippen molar-refractivity contribution in [3.8, 4) is 5.75 Å². The molecule has 1 fully saturated rings. The summed E-state index contributed by atoms with van der Waals surface area (Å²) in [5.41, 5.74) is 2.78. The highest BCUT2D eigenvalue weighted by Crippen LogP contribution is 2.30. The number of benzene rings is 1. The first kappa shape index (κ1) is 15.1. The molecule has 1 aromatic heterocycles. The predicted octanol–water partition coefficient (Wildman–Crippen LogP) is 4.69. The first-order valence-corrected chi connectivity index (χ1v) is 8.50. The van der Waals surface area contributed by atoms with Gasteiger partial charge in [0.25, 0.3) is 0 Å². The Morgan fingerprint density at radius 2 is 1.95 bits per heavy atom. The van der Waals surface area contributed by atoms with Gasteiger partial charge in [0.05, 0.1) is 5.39 Å². The lowest BCUT2D eigenvalue weighted by atomic mass is 9.85. The van der Waals surface area contributed by atoms with Crippen LogP contribution in [0.15, 0.2) is 22.6 Å². The number of phenolic OH excluding ortho intramolecular Hbond substituents is 1. The lowest BCUT2D eigenvalue weighted by Gasteiger charge is -2.21. The van der Waals surface area contributed by atoms with Crippen LogP contribution < -0.4 is 5.55 Å². The van der Waals surface area contributed by atoms with Crippen molar-refractivity contribution in [3.05, 3.63) is 34.9 Å². The van der Waals surface area contributed by atoms with Crippen molar-refractivity contribution in [2.45, 2.75) is 58.3 Å².